The highest BCUT2D eigenvalue weighted by atomic mass is 16.5. The van der Waals surface area contributed by atoms with E-state index in [9.17, 15) is 4.79 Å². The molecule has 2 N–H and O–H groups in total. The van der Waals surface area contributed by atoms with Gasteiger partial charge < -0.3 is 15.4 Å². The van der Waals surface area contributed by atoms with Crippen molar-refractivity contribution >= 4 is 5.91 Å². The largest absolute Gasteiger partial charge is 0.377 e. The summed E-state index contributed by atoms with van der Waals surface area (Å²) in [4.78, 5) is 15.3. The summed E-state index contributed by atoms with van der Waals surface area (Å²) in [6.07, 6.45) is 6.18. The number of amides is 1. The zero-order valence-electron chi connectivity index (χ0n) is 13.3. The van der Waals surface area contributed by atoms with Crippen LogP contribution in [0, 0.1) is 23.2 Å². The molecule has 0 aromatic carbocycles. The van der Waals surface area contributed by atoms with Crippen molar-refractivity contribution in [3.05, 3.63) is 0 Å². The smallest absolute Gasteiger partial charge is 0.243 e. The number of ether oxygens (including phenoxy) is 1. The molecule has 5 unspecified atom stereocenters. The van der Waals surface area contributed by atoms with Crippen LogP contribution in [0.1, 0.15) is 46.0 Å². The summed E-state index contributed by atoms with van der Waals surface area (Å²) >= 11 is 0. The maximum atomic E-state index is 13.2. The Labute approximate surface area is 127 Å². The first kappa shape index (κ1) is 14.0. The lowest BCUT2D eigenvalue weighted by Gasteiger charge is -2.65. The van der Waals surface area contributed by atoms with Crippen molar-refractivity contribution in [3.63, 3.8) is 0 Å². The molecule has 2 aliphatic heterocycles. The van der Waals surface area contributed by atoms with Crippen LogP contribution in [0.2, 0.25) is 0 Å². The zero-order chi connectivity index (χ0) is 14.8. The molecule has 0 bridgehead atoms. The number of nitrogens with two attached hydrogens (primary N) is 1. The molecular weight excluding hydrogens is 264 g/mol. The molecule has 4 aliphatic rings. The summed E-state index contributed by atoms with van der Waals surface area (Å²) in [7, 11) is 0. The van der Waals surface area contributed by atoms with Crippen LogP contribution in [-0.4, -0.2) is 42.1 Å². The lowest BCUT2D eigenvalue weighted by molar-refractivity contribution is -0.229. The Balaban J connectivity index is 1.56. The predicted octanol–water partition coefficient (Wildman–Crippen LogP) is 1.78. The van der Waals surface area contributed by atoms with Crippen LogP contribution >= 0.6 is 0 Å². The molecule has 4 fully saturated rings. The maximum absolute atomic E-state index is 13.2. The van der Waals surface area contributed by atoms with E-state index >= 15 is 0 Å². The van der Waals surface area contributed by atoms with E-state index in [2.05, 4.69) is 18.7 Å². The molecule has 0 radical (unpaired) electrons. The molecule has 4 heteroatoms. The van der Waals surface area contributed by atoms with Gasteiger partial charge in [-0.2, -0.15) is 0 Å². The number of carbonyl (C=O) groups excluding carboxylic acids is 1. The van der Waals surface area contributed by atoms with E-state index in [1.54, 1.807) is 0 Å². The third-order valence-corrected chi connectivity index (χ3v) is 7.05. The SMILES string of the molecule is CC1(C)C2OCCCC2C1(N)C(=O)N1CC2CCCC2C1. The average molecular weight is 292 g/mol. The highest BCUT2D eigenvalue weighted by Gasteiger charge is 2.71. The normalized spacial score (nSPS) is 47.7. The molecule has 2 saturated carbocycles. The van der Waals surface area contributed by atoms with Gasteiger partial charge in [-0.25, -0.2) is 0 Å². The molecule has 1 amide bonds. The lowest BCUT2D eigenvalue weighted by Crippen LogP contribution is -2.82. The molecule has 0 aromatic heterocycles. The Kier molecular flexibility index (Phi) is 2.97. The van der Waals surface area contributed by atoms with E-state index < -0.39 is 5.54 Å². The van der Waals surface area contributed by atoms with Crippen molar-refractivity contribution < 1.29 is 9.53 Å². The van der Waals surface area contributed by atoms with Gasteiger partial charge in [-0.05, 0) is 37.5 Å². The van der Waals surface area contributed by atoms with Gasteiger partial charge in [-0.15, -0.1) is 0 Å². The van der Waals surface area contributed by atoms with Crippen molar-refractivity contribution in [3.8, 4) is 0 Å². The summed E-state index contributed by atoms with van der Waals surface area (Å²) in [6.45, 7) is 6.94. The topological polar surface area (TPSA) is 55.6 Å². The van der Waals surface area contributed by atoms with Gasteiger partial charge in [0.1, 0.15) is 5.54 Å². The molecular formula is C17H28N2O2. The zero-order valence-corrected chi connectivity index (χ0v) is 13.3. The van der Waals surface area contributed by atoms with E-state index in [-0.39, 0.29) is 23.3 Å². The molecule has 5 atom stereocenters. The van der Waals surface area contributed by atoms with Crippen LogP contribution in [0.5, 0.6) is 0 Å². The Hall–Kier alpha value is -0.610. The van der Waals surface area contributed by atoms with Crippen LogP contribution in [0.3, 0.4) is 0 Å². The van der Waals surface area contributed by atoms with Crippen LogP contribution in [-0.2, 0) is 9.53 Å². The minimum Gasteiger partial charge on any atom is -0.377 e. The number of carbonyl (C=O) groups is 1. The van der Waals surface area contributed by atoms with Crippen LogP contribution < -0.4 is 5.73 Å². The number of nitrogens with zero attached hydrogens (tertiary/aromatic N) is 1. The van der Waals surface area contributed by atoms with Gasteiger partial charge in [-0.3, -0.25) is 4.79 Å². The second-order valence-corrected chi connectivity index (χ2v) is 8.29. The number of fused-ring (bicyclic) bond motifs is 2. The standard InChI is InChI=1S/C17H28N2O2/c1-16(2)14-13(7-4-8-21-14)17(16,18)15(20)19-9-11-5-3-6-12(11)10-19/h11-14H,3-10,18H2,1-2H3. The highest BCUT2D eigenvalue weighted by Crippen LogP contribution is 2.58. The van der Waals surface area contributed by atoms with Gasteiger partial charge in [-0.1, -0.05) is 20.3 Å². The summed E-state index contributed by atoms with van der Waals surface area (Å²) in [5.41, 5.74) is 5.78. The Morgan fingerprint density at radius 1 is 1.14 bits per heavy atom. The van der Waals surface area contributed by atoms with Gasteiger partial charge in [0, 0.05) is 31.0 Å². The quantitative estimate of drug-likeness (QED) is 0.801. The molecule has 4 nitrogen and oxygen atoms in total. The van der Waals surface area contributed by atoms with Gasteiger partial charge >= 0.3 is 0 Å². The van der Waals surface area contributed by atoms with Crippen LogP contribution in [0.4, 0.5) is 0 Å². The number of rotatable bonds is 1. The average Bonchev–Trinajstić information content (AvgIpc) is 3.06. The van der Waals surface area contributed by atoms with Gasteiger partial charge in [0.2, 0.25) is 5.91 Å². The minimum absolute atomic E-state index is 0.169. The Morgan fingerprint density at radius 2 is 1.81 bits per heavy atom. The minimum atomic E-state index is -0.712. The molecule has 2 heterocycles. The Bertz CT molecular complexity index is 452. The van der Waals surface area contributed by atoms with E-state index in [0.717, 1.165) is 44.4 Å². The van der Waals surface area contributed by atoms with Crippen molar-refractivity contribution in [2.75, 3.05) is 19.7 Å². The van der Waals surface area contributed by atoms with Crippen LogP contribution in [0.15, 0.2) is 0 Å². The number of hydrogen-bond donors (Lipinski definition) is 1. The van der Waals surface area contributed by atoms with Gasteiger partial charge in [0.25, 0.3) is 0 Å². The van der Waals surface area contributed by atoms with Crippen molar-refractivity contribution in [1.82, 2.24) is 4.90 Å². The van der Waals surface area contributed by atoms with E-state index in [0.29, 0.717) is 0 Å². The van der Waals surface area contributed by atoms with Gasteiger partial charge in [0.15, 0.2) is 0 Å². The molecule has 2 saturated heterocycles. The molecule has 118 valence electrons. The third-order valence-electron chi connectivity index (χ3n) is 7.05. The molecule has 4 rings (SSSR count). The Morgan fingerprint density at radius 3 is 2.48 bits per heavy atom. The fourth-order valence-corrected chi connectivity index (χ4v) is 5.67. The van der Waals surface area contributed by atoms with E-state index in [1.165, 1.54) is 19.3 Å². The van der Waals surface area contributed by atoms with E-state index in [1.807, 2.05) is 0 Å². The van der Waals surface area contributed by atoms with Crippen molar-refractivity contribution in [2.24, 2.45) is 28.9 Å². The first-order chi connectivity index (χ1) is 9.96. The summed E-state index contributed by atoms with van der Waals surface area (Å²) in [5, 5.41) is 0. The predicted molar refractivity (Wildman–Crippen MR) is 80.6 cm³/mol. The first-order valence-corrected chi connectivity index (χ1v) is 8.66. The van der Waals surface area contributed by atoms with Crippen molar-refractivity contribution in [2.45, 2.75) is 57.6 Å². The summed E-state index contributed by atoms with van der Waals surface area (Å²) < 4.78 is 5.92. The molecule has 0 aromatic rings. The van der Waals surface area contributed by atoms with Crippen molar-refractivity contribution in [1.29, 1.82) is 0 Å². The summed E-state index contributed by atoms with van der Waals surface area (Å²) in [6, 6.07) is 0. The maximum Gasteiger partial charge on any atom is 0.243 e. The third kappa shape index (κ3) is 1.66. The monoisotopic (exact) mass is 292 g/mol. The molecule has 2 aliphatic carbocycles. The highest BCUT2D eigenvalue weighted by molar-refractivity contribution is 5.89. The van der Waals surface area contributed by atoms with Crippen LogP contribution in [0.25, 0.3) is 0 Å². The fraction of sp³-hybridized carbons (Fsp3) is 0.941. The van der Waals surface area contributed by atoms with Gasteiger partial charge in [0.05, 0.1) is 6.10 Å². The second kappa shape index (κ2) is 4.45. The fourth-order valence-electron chi connectivity index (χ4n) is 5.67. The summed E-state index contributed by atoms with van der Waals surface area (Å²) in [5.74, 6) is 1.89. The van der Waals surface area contributed by atoms with E-state index in [4.69, 9.17) is 10.5 Å². The second-order valence-electron chi connectivity index (χ2n) is 8.29. The number of hydrogen-bond acceptors (Lipinski definition) is 3. The lowest BCUT2D eigenvalue weighted by atomic mass is 9.46. The first-order valence-electron chi connectivity index (χ1n) is 8.66. The molecule has 0 spiro atoms. The number of likely N-dealkylation sites (tertiary alicyclic amines) is 1. The molecule has 21 heavy (non-hydrogen) atoms.